The van der Waals surface area contributed by atoms with Crippen LogP contribution >= 0.6 is 11.8 Å². The third-order valence-corrected chi connectivity index (χ3v) is 6.38. The van der Waals surface area contributed by atoms with Crippen LogP contribution in [0.15, 0.2) is 47.5 Å². The molecule has 0 N–H and O–H groups in total. The van der Waals surface area contributed by atoms with E-state index in [9.17, 15) is 14.9 Å². The number of benzene rings is 1. The fraction of sp³-hybridized carbons (Fsp3) is 0.429. The number of amidine groups is 1. The van der Waals surface area contributed by atoms with E-state index in [1.54, 1.807) is 13.0 Å². The summed E-state index contributed by atoms with van der Waals surface area (Å²) in [5, 5.41) is 11.5. The fourth-order valence-corrected chi connectivity index (χ4v) is 4.91. The van der Waals surface area contributed by atoms with Crippen molar-refractivity contribution in [2.75, 3.05) is 0 Å². The van der Waals surface area contributed by atoms with E-state index in [4.69, 9.17) is 4.99 Å². The van der Waals surface area contributed by atoms with Gasteiger partial charge in [-0.15, -0.1) is 0 Å². The molecule has 0 radical (unpaired) electrons. The number of aryl methyl sites for hydroxylation is 1. The molecule has 3 unspecified atom stereocenters. The number of thioether (sulfide) groups is 1. The number of amides is 1. The van der Waals surface area contributed by atoms with Gasteiger partial charge >= 0.3 is 0 Å². The molecule has 1 aromatic rings. The summed E-state index contributed by atoms with van der Waals surface area (Å²) in [6.45, 7) is 5.96. The molecule has 1 saturated heterocycles. The lowest BCUT2D eigenvalue weighted by molar-refractivity contribution is -0.384. The summed E-state index contributed by atoms with van der Waals surface area (Å²) in [4.78, 5) is 30.4. The van der Waals surface area contributed by atoms with E-state index < -0.39 is 4.92 Å². The van der Waals surface area contributed by atoms with Crippen molar-refractivity contribution in [3.63, 3.8) is 0 Å². The molecule has 3 atom stereocenters. The maximum absolute atomic E-state index is 13.2. The zero-order valence-electron chi connectivity index (χ0n) is 16.4. The summed E-state index contributed by atoms with van der Waals surface area (Å²) < 4.78 is 0. The molecule has 7 heteroatoms. The number of carbonyl (C=O) groups excluding carboxylic acids is 1. The number of rotatable bonds is 6. The van der Waals surface area contributed by atoms with Crippen molar-refractivity contribution in [2.45, 2.75) is 51.3 Å². The van der Waals surface area contributed by atoms with Crippen molar-refractivity contribution < 1.29 is 9.72 Å². The van der Waals surface area contributed by atoms with Crippen molar-refractivity contribution in [2.24, 2.45) is 10.9 Å². The van der Waals surface area contributed by atoms with Crippen LogP contribution in [-0.4, -0.2) is 32.2 Å². The molecule has 1 fully saturated rings. The second-order valence-electron chi connectivity index (χ2n) is 7.22. The average molecular weight is 400 g/mol. The van der Waals surface area contributed by atoms with Crippen molar-refractivity contribution in [3.05, 3.63) is 58.2 Å². The van der Waals surface area contributed by atoms with Gasteiger partial charge in [0.2, 0.25) is 5.91 Å². The number of allylic oxidation sites excluding steroid dienone is 4. The van der Waals surface area contributed by atoms with E-state index in [2.05, 4.69) is 26.0 Å². The Morgan fingerprint density at radius 3 is 2.79 bits per heavy atom. The Kier molecular flexibility index (Phi) is 6.34. The van der Waals surface area contributed by atoms with Crippen LogP contribution in [0.5, 0.6) is 0 Å². The quantitative estimate of drug-likeness (QED) is 0.489. The molecule has 1 amide bonds. The van der Waals surface area contributed by atoms with Crippen LogP contribution in [0.2, 0.25) is 0 Å². The molecular weight excluding hydrogens is 374 g/mol. The minimum absolute atomic E-state index is 0.0461. The SMILES string of the molecule is CCCC(C)N1C(=O)C(C2C=CC=CC2)SC1=Nc1ccc([N+](=O)[O-])cc1C. The summed E-state index contributed by atoms with van der Waals surface area (Å²) in [5.74, 6) is 0.263. The van der Waals surface area contributed by atoms with Gasteiger partial charge in [0.25, 0.3) is 5.69 Å². The molecule has 3 rings (SSSR count). The molecule has 2 aliphatic rings. The number of nitro benzene ring substituents is 1. The van der Waals surface area contributed by atoms with Gasteiger partial charge in [-0.05, 0) is 38.3 Å². The van der Waals surface area contributed by atoms with Crippen LogP contribution in [0.3, 0.4) is 0 Å². The van der Waals surface area contributed by atoms with Crippen molar-refractivity contribution >= 4 is 34.2 Å². The first kappa shape index (κ1) is 20.3. The normalized spacial score (nSPS) is 24.2. The number of aliphatic imine (C=N–C) groups is 1. The van der Waals surface area contributed by atoms with Crippen LogP contribution in [-0.2, 0) is 4.79 Å². The average Bonchev–Trinajstić information content (AvgIpc) is 3.00. The second kappa shape index (κ2) is 8.73. The Balaban J connectivity index is 1.95. The van der Waals surface area contributed by atoms with Gasteiger partial charge in [-0.25, -0.2) is 4.99 Å². The van der Waals surface area contributed by atoms with E-state index in [0.29, 0.717) is 10.9 Å². The summed E-state index contributed by atoms with van der Waals surface area (Å²) in [7, 11) is 0. The maximum Gasteiger partial charge on any atom is 0.269 e. The molecular formula is C21H25N3O3S. The van der Waals surface area contributed by atoms with Crippen LogP contribution < -0.4 is 0 Å². The monoisotopic (exact) mass is 399 g/mol. The highest BCUT2D eigenvalue weighted by Gasteiger charge is 2.43. The summed E-state index contributed by atoms with van der Waals surface area (Å²) >= 11 is 1.51. The maximum atomic E-state index is 13.2. The van der Waals surface area contributed by atoms with Crippen LogP contribution in [0.4, 0.5) is 11.4 Å². The van der Waals surface area contributed by atoms with Gasteiger partial charge in [0, 0.05) is 24.1 Å². The molecule has 1 aliphatic heterocycles. The molecule has 1 aromatic carbocycles. The Hall–Kier alpha value is -2.41. The fourth-order valence-electron chi connectivity index (χ4n) is 3.56. The number of nitrogens with zero attached hydrogens (tertiary/aromatic N) is 3. The van der Waals surface area contributed by atoms with Crippen LogP contribution in [0.25, 0.3) is 0 Å². The van der Waals surface area contributed by atoms with Gasteiger partial charge in [0.1, 0.15) is 0 Å². The highest BCUT2D eigenvalue weighted by Crippen LogP contribution is 2.39. The van der Waals surface area contributed by atoms with Crippen LogP contribution in [0.1, 0.15) is 38.7 Å². The number of non-ortho nitro benzene ring substituents is 1. The van der Waals surface area contributed by atoms with Gasteiger partial charge in [-0.2, -0.15) is 0 Å². The minimum Gasteiger partial charge on any atom is -0.287 e. The highest BCUT2D eigenvalue weighted by atomic mass is 32.2. The molecule has 0 spiro atoms. The minimum atomic E-state index is -0.410. The third kappa shape index (κ3) is 4.19. The molecule has 1 heterocycles. The van der Waals surface area contributed by atoms with Crippen molar-refractivity contribution in [1.29, 1.82) is 0 Å². The lowest BCUT2D eigenvalue weighted by Crippen LogP contribution is -2.40. The van der Waals surface area contributed by atoms with E-state index >= 15 is 0 Å². The van der Waals surface area contributed by atoms with Crippen LogP contribution in [0, 0.1) is 23.0 Å². The predicted octanol–water partition coefficient (Wildman–Crippen LogP) is 5.16. The van der Waals surface area contributed by atoms with E-state index in [1.807, 2.05) is 17.1 Å². The summed E-state index contributed by atoms with van der Waals surface area (Å²) in [6.07, 6.45) is 10.9. The lowest BCUT2D eigenvalue weighted by Gasteiger charge is -2.25. The van der Waals surface area contributed by atoms with Gasteiger partial charge in [-0.1, -0.05) is 49.4 Å². The molecule has 28 heavy (non-hydrogen) atoms. The molecule has 0 saturated carbocycles. The van der Waals surface area contributed by atoms with E-state index in [0.717, 1.165) is 24.8 Å². The largest absolute Gasteiger partial charge is 0.287 e. The summed E-state index contributed by atoms with van der Waals surface area (Å²) in [6, 6.07) is 4.70. The number of hydrogen-bond donors (Lipinski definition) is 0. The van der Waals surface area contributed by atoms with Gasteiger partial charge in [0.05, 0.1) is 15.9 Å². The number of carbonyl (C=O) groups is 1. The lowest BCUT2D eigenvalue weighted by atomic mass is 9.96. The molecule has 1 aliphatic carbocycles. The van der Waals surface area contributed by atoms with Gasteiger partial charge in [-0.3, -0.25) is 19.8 Å². The molecule has 148 valence electrons. The smallest absolute Gasteiger partial charge is 0.269 e. The first-order valence-corrected chi connectivity index (χ1v) is 10.5. The Bertz CT molecular complexity index is 862. The van der Waals surface area contributed by atoms with Gasteiger partial charge in [0.15, 0.2) is 5.17 Å². The molecule has 0 aromatic heterocycles. The second-order valence-corrected chi connectivity index (χ2v) is 8.33. The van der Waals surface area contributed by atoms with Crippen molar-refractivity contribution in [1.82, 2.24) is 4.90 Å². The van der Waals surface area contributed by atoms with E-state index in [1.165, 1.54) is 23.9 Å². The zero-order chi connectivity index (χ0) is 20.3. The highest BCUT2D eigenvalue weighted by molar-refractivity contribution is 8.15. The first-order chi connectivity index (χ1) is 13.4. The predicted molar refractivity (Wildman–Crippen MR) is 114 cm³/mol. The first-order valence-electron chi connectivity index (χ1n) is 9.59. The Morgan fingerprint density at radius 1 is 1.39 bits per heavy atom. The molecule has 6 nitrogen and oxygen atoms in total. The Morgan fingerprint density at radius 2 is 2.18 bits per heavy atom. The molecule has 0 bridgehead atoms. The standard InChI is InChI=1S/C21H25N3O3S/c1-4-8-15(3)23-20(25)19(16-9-6-5-7-10-16)28-21(23)22-18-12-11-17(24(26)27)13-14(18)2/h5-7,9,11-13,15-16,19H,4,8,10H2,1-3H3. The topological polar surface area (TPSA) is 75.8 Å². The Labute approximate surface area is 169 Å². The third-order valence-electron chi connectivity index (χ3n) is 5.08. The number of hydrogen-bond acceptors (Lipinski definition) is 5. The van der Waals surface area contributed by atoms with E-state index in [-0.39, 0.29) is 28.8 Å². The zero-order valence-corrected chi connectivity index (χ0v) is 17.2. The van der Waals surface area contributed by atoms with Gasteiger partial charge < -0.3 is 0 Å². The summed E-state index contributed by atoms with van der Waals surface area (Å²) in [5.41, 5.74) is 1.43. The van der Waals surface area contributed by atoms with Crippen molar-refractivity contribution in [3.8, 4) is 0 Å². The number of nitro groups is 1.